The predicted octanol–water partition coefficient (Wildman–Crippen LogP) is 3.95. The number of nitrogens with zero attached hydrogens (tertiary/aromatic N) is 1. The van der Waals surface area contributed by atoms with Gasteiger partial charge in [-0.1, -0.05) is 13.8 Å². The Morgan fingerprint density at radius 2 is 1.71 bits per heavy atom. The molecule has 0 spiro atoms. The van der Waals surface area contributed by atoms with E-state index in [2.05, 4.69) is 31.0 Å². The van der Waals surface area contributed by atoms with Crippen molar-refractivity contribution in [1.82, 2.24) is 4.98 Å². The Labute approximate surface area is 128 Å². The van der Waals surface area contributed by atoms with Gasteiger partial charge in [0.15, 0.2) is 0 Å². The SMILES string of the molecule is CC12CC3CC(C)(C1)CC(C(N)Cc1ccncc1)(C3)C2. The molecule has 21 heavy (non-hydrogen) atoms. The Morgan fingerprint density at radius 3 is 2.29 bits per heavy atom. The smallest absolute Gasteiger partial charge is 0.0270 e. The van der Waals surface area contributed by atoms with Crippen molar-refractivity contribution in [3.63, 3.8) is 0 Å². The number of hydrogen-bond donors (Lipinski definition) is 1. The van der Waals surface area contributed by atoms with Crippen LogP contribution in [-0.2, 0) is 6.42 Å². The molecular weight excluding hydrogens is 256 g/mol. The summed E-state index contributed by atoms with van der Waals surface area (Å²) >= 11 is 0. The Hall–Kier alpha value is -0.890. The lowest BCUT2D eigenvalue weighted by atomic mass is 9.39. The van der Waals surface area contributed by atoms with Gasteiger partial charge in [-0.3, -0.25) is 4.98 Å². The van der Waals surface area contributed by atoms with E-state index < -0.39 is 0 Å². The van der Waals surface area contributed by atoms with Crippen molar-refractivity contribution in [3.05, 3.63) is 30.1 Å². The fourth-order valence-electron chi connectivity index (χ4n) is 6.94. The minimum absolute atomic E-state index is 0.307. The second-order valence-corrected chi connectivity index (χ2v) is 9.16. The van der Waals surface area contributed by atoms with Gasteiger partial charge in [-0.25, -0.2) is 0 Å². The zero-order valence-corrected chi connectivity index (χ0v) is 13.4. The molecule has 4 saturated carbocycles. The van der Waals surface area contributed by atoms with E-state index in [4.69, 9.17) is 5.73 Å². The average molecular weight is 284 g/mol. The predicted molar refractivity (Wildman–Crippen MR) is 85.8 cm³/mol. The summed E-state index contributed by atoms with van der Waals surface area (Å²) in [5, 5.41) is 0. The number of hydrogen-bond acceptors (Lipinski definition) is 2. The molecule has 4 aliphatic rings. The van der Waals surface area contributed by atoms with Crippen LogP contribution in [0.3, 0.4) is 0 Å². The highest BCUT2D eigenvalue weighted by Crippen LogP contribution is 2.70. The molecule has 2 N–H and O–H groups in total. The van der Waals surface area contributed by atoms with E-state index >= 15 is 0 Å². The molecule has 4 fully saturated rings. The standard InChI is InChI=1S/C19H28N2/c1-17-8-15-9-18(2,11-17)13-19(10-15,12-17)16(20)7-14-3-5-21-6-4-14/h3-6,15-16H,7-13,20H2,1-2H3. The first-order valence-corrected chi connectivity index (χ1v) is 8.55. The van der Waals surface area contributed by atoms with Gasteiger partial charge in [-0.15, -0.1) is 0 Å². The third kappa shape index (κ3) is 2.23. The van der Waals surface area contributed by atoms with Gasteiger partial charge in [0.2, 0.25) is 0 Å². The van der Waals surface area contributed by atoms with Crippen LogP contribution in [0.15, 0.2) is 24.5 Å². The molecule has 0 amide bonds. The van der Waals surface area contributed by atoms with Crippen molar-refractivity contribution < 1.29 is 0 Å². The highest BCUT2D eigenvalue weighted by Gasteiger charge is 2.61. The summed E-state index contributed by atoms with van der Waals surface area (Å²) in [6.07, 6.45) is 13.2. The molecular formula is C19H28N2. The van der Waals surface area contributed by atoms with Crippen LogP contribution in [0, 0.1) is 22.2 Å². The minimum Gasteiger partial charge on any atom is -0.327 e. The van der Waals surface area contributed by atoms with E-state index in [1.807, 2.05) is 12.4 Å². The number of aromatic nitrogens is 1. The van der Waals surface area contributed by atoms with Gasteiger partial charge in [-0.05, 0) is 84.8 Å². The van der Waals surface area contributed by atoms with Crippen LogP contribution in [-0.4, -0.2) is 11.0 Å². The van der Waals surface area contributed by atoms with Crippen LogP contribution in [0.2, 0.25) is 0 Å². The zero-order chi connectivity index (χ0) is 14.7. The van der Waals surface area contributed by atoms with Gasteiger partial charge in [0.05, 0.1) is 0 Å². The van der Waals surface area contributed by atoms with E-state index in [9.17, 15) is 0 Å². The van der Waals surface area contributed by atoms with Crippen LogP contribution in [0.1, 0.15) is 57.9 Å². The Morgan fingerprint density at radius 1 is 1.10 bits per heavy atom. The quantitative estimate of drug-likeness (QED) is 0.913. The fraction of sp³-hybridized carbons (Fsp3) is 0.737. The van der Waals surface area contributed by atoms with Crippen molar-refractivity contribution >= 4 is 0 Å². The first-order chi connectivity index (χ1) is 9.91. The molecule has 0 radical (unpaired) electrons. The normalized spacial score (nSPS) is 45.8. The van der Waals surface area contributed by atoms with E-state index in [0.717, 1.165) is 12.3 Å². The van der Waals surface area contributed by atoms with Crippen LogP contribution in [0.25, 0.3) is 0 Å². The minimum atomic E-state index is 0.307. The third-order valence-corrected chi connectivity index (χ3v) is 6.66. The summed E-state index contributed by atoms with van der Waals surface area (Å²) in [5.41, 5.74) is 9.67. The summed E-state index contributed by atoms with van der Waals surface area (Å²) < 4.78 is 0. The molecule has 1 aromatic heterocycles. The molecule has 3 atom stereocenters. The van der Waals surface area contributed by atoms with Crippen LogP contribution >= 0.6 is 0 Å². The second-order valence-electron chi connectivity index (χ2n) is 9.16. The Bertz CT molecular complexity index is 520. The molecule has 4 bridgehead atoms. The van der Waals surface area contributed by atoms with Crippen molar-refractivity contribution in [2.24, 2.45) is 27.9 Å². The van der Waals surface area contributed by atoms with E-state index in [-0.39, 0.29) is 0 Å². The number of nitrogens with two attached hydrogens (primary N) is 1. The molecule has 114 valence electrons. The third-order valence-electron chi connectivity index (χ3n) is 6.66. The monoisotopic (exact) mass is 284 g/mol. The largest absolute Gasteiger partial charge is 0.327 e. The second kappa shape index (κ2) is 4.32. The molecule has 1 aromatic rings. The van der Waals surface area contributed by atoms with E-state index in [1.165, 1.54) is 44.1 Å². The molecule has 4 aliphatic carbocycles. The topological polar surface area (TPSA) is 38.9 Å². The highest BCUT2D eigenvalue weighted by atomic mass is 14.8. The van der Waals surface area contributed by atoms with Crippen molar-refractivity contribution in [2.75, 3.05) is 0 Å². The van der Waals surface area contributed by atoms with Gasteiger partial charge in [-0.2, -0.15) is 0 Å². The van der Waals surface area contributed by atoms with Gasteiger partial charge in [0.1, 0.15) is 0 Å². The maximum absolute atomic E-state index is 6.80. The van der Waals surface area contributed by atoms with Gasteiger partial charge in [0.25, 0.3) is 0 Å². The molecule has 0 aromatic carbocycles. The molecule has 0 saturated heterocycles. The first-order valence-electron chi connectivity index (χ1n) is 8.55. The molecule has 0 aliphatic heterocycles. The van der Waals surface area contributed by atoms with Crippen LogP contribution in [0.4, 0.5) is 0 Å². The number of pyridine rings is 1. The van der Waals surface area contributed by atoms with Crippen molar-refractivity contribution in [2.45, 2.75) is 64.8 Å². The first kappa shape index (κ1) is 13.8. The van der Waals surface area contributed by atoms with Gasteiger partial charge < -0.3 is 5.73 Å². The summed E-state index contributed by atoms with van der Waals surface area (Å²) in [7, 11) is 0. The molecule has 5 rings (SSSR count). The lowest BCUT2D eigenvalue weighted by Crippen LogP contribution is -2.61. The summed E-state index contributed by atoms with van der Waals surface area (Å²) in [4.78, 5) is 4.13. The molecule has 2 nitrogen and oxygen atoms in total. The van der Waals surface area contributed by atoms with E-state index in [0.29, 0.717) is 22.3 Å². The van der Waals surface area contributed by atoms with Crippen LogP contribution in [0.5, 0.6) is 0 Å². The van der Waals surface area contributed by atoms with Gasteiger partial charge in [0, 0.05) is 18.4 Å². The van der Waals surface area contributed by atoms with E-state index in [1.54, 1.807) is 0 Å². The van der Waals surface area contributed by atoms with Crippen molar-refractivity contribution in [1.29, 1.82) is 0 Å². The zero-order valence-electron chi connectivity index (χ0n) is 13.4. The maximum Gasteiger partial charge on any atom is 0.0270 e. The Kier molecular flexibility index (Phi) is 2.83. The van der Waals surface area contributed by atoms with Crippen LogP contribution < -0.4 is 5.73 Å². The summed E-state index contributed by atoms with van der Waals surface area (Å²) in [5.74, 6) is 0.930. The fourth-order valence-corrected chi connectivity index (χ4v) is 6.94. The highest BCUT2D eigenvalue weighted by molar-refractivity contribution is 5.17. The number of rotatable bonds is 3. The van der Waals surface area contributed by atoms with Gasteiger partial charge >= 0.3 is 0 Å². The summed E-state index contributed by atoms with van der Waals surface area (Å²) in [6, 6.07) is 4.56. The van der Waals surface area contributed by atoms with Crippen molar-refractivity contribution in [3.8, 4) is 0 Å². The summed E-state index contributed by atoms with van der Waals surface area (Å²) in [6.45, 7) is 5.06. The molecule has 1 heterocycles. The molecule has 2 heteroatoms. The molecule has 3 unspecified atom stereocenters. The average Bonchev–Trinajstić information content (AvgIpc) is 2.35. The lowest BCUT2D eigenvalue weighted by Gasteiger charge is -2.67. The lowest BCUT2D eigenvalue weighted by molar-refractivity contribution is -0.153. The maximum atomic E-state index is 6.80. The Balaban J connectivity index is 1.62.